The van der Waals surface area contributed by atoms with E-state index in [1.165, 1.54) is 11.1 Å². The van der Waals surface area contributed by atoms with Crippen LogP contribution in [0.25, 0.3) is 0 Å². The lowest BCUT2D eigenvalue weighted by atomic mass is 10.1. The van der Waals surface area contributed by atoms with Gasteiger partial charge in [0.2, 0.25) is 0 Å². The van der Waals surface area contributed by atoms with Crippen LogP contribution in [0.1, 0.15) is 11.1 Å². The first-order valence-electron chi connectivity index (χ1n) is 5.87. The molecular formula is C15H17BrN2. The second kappa shape index (κ2) is 5.44. The third-order valence-electron chi connectivity index (χ3n) is 2.86. The van der Waals surface area contributed by atoms with Gasteiger partial charge in [0.1, 0.15) is 0 Å². The normalized spacial score (nSPS) is 10.4. The van der Waals surface area contributed by atoms with E-state index >= 15 is 0 Å². The highest BCUT2D eigenvalue weighted by atomic mass is 79.9. The van der Waals surface area contributed by atoms with Crippen LogP contribution >= 0.6 is 15.9 Å². The summed E-state index contributed by atoms with van der Waals surface area (Å²) in [5, 5.41) is 0. The molecule has 2 aromatic carbocycles. The van der Waals surface area contributed by atoms with Crippen molar-refractivity contribution in [2.45, 2.75) is 13.5 Å². The van der Waals surface area contributed by atoms with Gasteiger partial charge >= 0.3 is 0 Å². The van der Waals surface area contributed by atoms with E-state index in [2.05, 4.69) is 65.1 Å². The first kappa shape index (κ1) is 13.0. The molecule has 0 saturated carbocycles. The Bertz CT molecular complexity index is 514. The third kappa shape index (κ3) is 3.26. The Balaban J connectivity index is 2.16. The predicted molar refractivity (Wildman–Crippen MR) is 81.8 cm³/mol. The van der Waals surface area contributed by atoms with E-state index in [4.69, 9.17) is 5.73 Å². The third-order valence-corrected chi connectivity index (χ3v) is 3.39. The number of hydrogen-bond acceptors (Lipinski definition) is 2. The lowest BCUT2D eigenvalue weighted by Crippen LogP contribution is -2.16. The molecule has 0 aliphatic carbocycles. The van der Waals surface area contributed by atoms with Crippen molar-refractivity contribution in [3.05, 3.63) is 58.1 Å². The molecule has 0 aliphatic heterocycles. The Morgan fingerprint density at radius 3 is 2.39 bits per heavy atom. The van der Waals surface area contributed by atoms with Crippen molar-refractivity contribution in [1.82, 2.24) is 0 Å². The van der Waals surface area contributed by atoms with Gasteiger partial charge in [0.25, 0.3) is 0 Å². The smallest absolute Gasteiger partial charge is 0.0426 e. The maximum atomic E-state index is 5.88. The van der Waals surface area contributed by atoms with Crippen LogP contribution < -0.4 is 10.6 Å². The predicted octanol–water partition coefficient (Wildman–Crippen LogP) is 3.98. The Kier molecular flexibility index (Phi) is 3.92. The average molecular weight is 305 g/mol. The number of halogens is 1. The molecule has 94 valence electrons. The molecule has 0 amide bonds. The number of benzene rings is 2. The van der Waals surface area contributed by atoms with Crippen molar-refractivity contribution in [1.29, 1.82) is 0 Å². The van der Waals surface area contributed by atoms with E-state index in [9.17, 15) is 0 Å². The maximum absolute atomic E-state index is 5.88. The molecule has 0 heterocycles. The molecule has 2 aromatic rings. The van der Waals surface area contributed by atoms with Gasteiger partial charge in [-0.2, -0.15) is 0 Å². The van der Waals surface area contributed by atoms with Crippen LogP contribution in [0.5, 0.6) is 0 Å². The zero-order chi connectivity index (χ0) is 13.1. The number of nitrogens with zero attached hydrogens (tertiary/aromatic N) is 1. The van der Waals surface area contributed by atoms with E-state index in [1.807, 2.05) is 12.1 Å². The number of aryl methyl sites for hydroxylation is 1. The number of nitrogen functional groups attached to an aromatic ring is 1. The Morgan fingerprint density at radius 2 is 1.78 bits per heavy atom. The second-order valence-corrected chi connectivity index (χ2v) is 5.50. The molecule has 0 saturated heterocycles. The van der Waals surface area contributed by atoms with Crippen molar-refractivity contribution in [3.63, 3.8) is 0 Å². The summed E-state index contributed by atoms with van der Waals surface area (Å²) in [6.45, 7) is 2.93. The summed E-state index contributed by atoms with van der Waals surface area (Å²) in [6, 6.07) is 14.5. The topological polar surface area (TPSA) is 29.3 Å². The molecule has 0 atom stereocenters. The van der Waals surface area contributed by atoms with Crippen LogP contribution in [0, 0.1) is 6.92 Å². The highest BCUT2D eigenvalue weighted by molar-refractivity contribution is 9.10. The number of anilines is 2. The summed E-state index contributed by atoms with van der Waals surface area (Å²) in [4.78, 5) is 2.20. The molecule has 0 fully saturated rings. The van der Waals surface area contributed by atoms with Crippen molar-refractivity contribution in [2.75, 3.05) is 17.7 Å². The number of rotatable bonds is 3. The Labute approximate surface area is 117 Å². The van der Waals surface area contributed by atoms with Crippen LogP contribution in [0.15, 0.2) is 46.9 Å². The fourth-order valence-electron chi connectivity index (χ4n) is 1.97. The molecule has 0 aliphatic rings. The fourth-order valence-corrected chi connectivity index (χ4v) is 2.23. The summed E-state index contributed by atoms with van der Waals surface area (Å²) in [5.41, 5.74) is 10.3. The van der Waals surface area contributed by atoms with Crippen LogP contribution in [0.2, 0.25) is 0 Å². The van der Waals surface area contributed by atoms with Gasteiger partial charge in [0.05, 0.1) is 0 Å². The fraction of sp³-hybridized carbons (Fsp3) is 0.200. The summed E-state index contributed by atoms with van der Waals surface area (Å²) in [5.74, 6) is 0. The van der Waals surface area contributed by atoms with Crippen molar-refractivity contribution >= 4 is 27.3 Å². The Hall–Kier alpha value is -1.48. The second-order valence-electron chi connectivity index (χ2n) is 4.58. The minimum Gasteiger partial charge on any atom is -0.399 e. The quantitative estimate of drug-likeness (QED) is 0.869. The van der Waals surface area contributed by atoms with E-state index in [0.29, 0.717) is 0 Å². The van der Waals surface area contributed by atoms with Gasteiger partial charge in [0.15, 0.2) is 0 Å². The minimum absolute atomic E-state index is 0.813. The van der Waals surface area contributed by atoms with E-state index < -0.39 is 0 Å². The molecule has 2 nitrogen and oxygen atoms in total. The van der Waals surface area contributed by atoms with E-state index in [-0.39, 0.29) is 0 Å². The molecule has 2 N–H and O–H groups in total. The first-order chi connectivity index (χ1) is 8.54. The van der Waals surface area contributed by atoms with Crippen molar-refractivity contribution in [2.24, 2.45) is 0 Å². The summed E-state index contributed by atoms with van der Waals surface area (Å²) in [7, 11) is 2.08. The highest BCUT2D eigenvalue weighted by Crippen LogP contribution is 2.21. The maximum Gasteiger partial charge on any atom is 0.0426 e. The zero-order valence-electron chi connectivity index (χ0n) is 10.7. The molecule has 0 bridgehead atoms. The monoisotopic (exact) mass is 304 g/mol. The molecular weight excluding hydrogens is 288 g/mol. The molecule has 2 rings (SSSR count). The van der Waals surface area contributed by atoms with Crippen molar-refractivity contribution < 1.29 is 0 Å². The molecule has 0 radical (unpaired) electrons. The van der Waals surface area contributed by atoms with Crippen LogP contribution in [0.4, 0.5) is 11.4 Å². The summed E-state index contributed by atoms with van der Waals surface area (Å²) in [6.07, 6.45) is 0. The Morgan fingerprint density at radius 1 is 1.11 bits per heavy atom. The van der Waals surface area contributed by atoms with Gasteiger partial charge in [-0.05, 0) is 48.4 Å². The lowest BCUT2D eigenvalue weighted by Gasteiger charge is -2.20. The van der Waals surface area contributed by atoms with Gasteiger partial charge in [-0.1, -0.05) is 28.1 Å². The van der Waals surface area contributed by atoms with Gasteiger partial charge in [-0.3, -0.25) is 0 Å². The van der Waals surface area contributed by atoms with E-state index in [0.717, 1.165) is 22.4 Å². The number of nitrogens with two attached hydrogens (primary N) is 1. The summed E-state index contributed by atoms with van der Waals surface area (Å²) < 4.78 is 1.11. The van der Waals surface area contributed by atoms with Crippen LogP contribution in [0.3, 0.4) is 0 Å². The van der Waals surface area contributed by atoms with Gasteiger partial charge < -0.3 is 10.6 Å². The van der Waals surface area contributed by atoms with Crippen molar-refractivity contribution in [3.8, 4) is 0 Å². The molecule has 3 heteroatoms. The van der Waals surface area contributed by atoms with Gasteiger partial charge in [-0.25, -0.2) is 0 Å². The van der Waals surface area contributed by atoms with Crippen LogP contribution in [-0.4, -0.2) is 7.05 Å². The average Bonchev–Trinajstić information content (AvgIpc) is 2.31. The molecule has 0 aromatic heterocycles. The standard InChI is InChI=1S/C15H17BrN2/c1-11-7-14(17)9-15(8-11)18(2)10-12-3-5-13(16)6-4-12/h3-9H,10,17H2,1-2H3. The largest absolute Gasteiger partial charge is 0.399 e. The SMILES string of the molecule is Cc1cc(N)cc(N(C)Cc2ccc(Br)cc2)c1. The minimum atomic E-state index is 0.813. The highest BCUT2D eigenvalue weighted by Gasteiger charge is 2.03. The van der Waals surface area contributed by atoms with Crippen LogP contribution in [-0.2, 0) is 6.54 Å². The van der Waals surface area contributed by atoms with Gasteiger partial charge in [-0.15, -0.1) is 0 Å². The van der Waals surface area contributed by atoms with Gasteiger partial charge in [0, 0.05) is 29.4 Å². The zero-order valence-corrected chi connectivity index (χ0v) is 12.2. The lowest BCUT2D eigenvalue weighted by molar-refractivity contribution is 0.922. The summed E-state index contributed by atoms with van der Waals surface area (Å²) >= 11 is 3.45. The molecule has 0 unspecified atom stereocenters. The number of hydrogen-bond donors (Lipinski definition) is 1. The molecule has 18 heavy (non-hydrogen) atoms. The van der Waals surface area contributed by atoms with E-state index in [1.54, 1.807) is 0 Å². The first-order valence-corrected chi connectivity index (χ1v) is 6.66. The molecule has 0 spiro atoms.